The number of rotatable bonds is 3. The van der Waals surface area contributed by atoms with E-state index in [-0.39, 0.29) is 5.84 Å². The van der Waals surface area contributed by atoms with E-state index in [0.717, 1.165) is 10.6 Å². The minimum absolute atomic E-state index is 0.0112. The summed E-state index contributed by atoms with van der Waals surface area (Å²) in [6.45, 7) is 1.90. The molecule has 2 aromatic rings. The van der Waals surface area contributed by atoms with E-state index in [4.69, 9.17) is 22.7 Å². The summed E-state index contributed by atoms with van der Waals surface area (Å²) in [5.41, 5.74) is 7.07. The van der Waals surface area contributed by atoms with Crippen molar-refractivity contribution in [3.8, 4) is 0 Å². The van der Waals surface area contributed by atoms with E-state index in [1.807, 2.05) is 43.3 Å². The number of benzene rings is 1. The van der Waals surface area contributed by atoms with Gasteiger partial charge in [-0.3, -0.25) is 5.41 Å². The summed E-state index contributed by atoms with van der Waals surface area (Å²) >= 11 is 7.53. The summed E-state index contributed by atoms with van der Waals surface area (Å²) < 4.78 is 0. The van der Waals surface area contributed by atoms with Crippen LogP contribution in [0.5, 0.6) is 0 Å². The molecule has 0 atom stereocenters. The Kier molecular flexibility index (Phi) is 3.89. The maximum Gasteiger partial charge on any atom is 0.125 e. The van der Waals surface area contributed by atoms with Crippen LogP contribution < -0.4 is 5.73 Å². The molecule has 0 saturated carbocycles. The Balaban J connectivity index is 2.42. The number of hydrogen-bond donors (Lipinski definition) is 2. The zero-order chi connectivity index (χ0) is 13.1. The standard InChI is InChI=1S/C13H12ClN3S/c1-8-6-7-9(12(15)16)13(17-8)18-11-5-3-2-4-10(11)14/h2-7H,1H3,(H3,15,16). The van der Waals surface area contributed by atoms with Gasteiger partial charge in [0.1, 0.15) is 10.9 Å². The first-order chi connectivity index (χ1) is 8.58. The Labute approximate surface area is 115 Å². The molecule has 0 spiro atoms. The van der Waals surface area contributed by atoms with Gasteiger partial charge < -0.3 is 5.73 Å². The number of nitrogens with one attached hydrogen (secondary N) is 1. The molecule has 3 N–H and O–H groups in total. The van der Waals surface area contributed by atoms with E-state index in [1.165, 1.54) is 11.8 Å². The van der Waals surface area contributed by atoms with Gasteiger partial charge in [-0.1, -0.05) is 35.5 Å². The lowest BCUT2D eigenvalue weighted by molar-refractivity contribution is 1.05. The van der Waals surface area contributed by atoms with E-state index in [2.05, 4.69) is 4.98 Å². The zero-order valence-corrected chi connectivity index (χ0v) is 11.3. The second kappa shape index (κ2) is 5.42. The van der Waals surface area contributed by atoms with Gasteiger partial charge in [-0.05, 0) is 31.2 Å². The first-order valence-electron chi connectivity index (χ1n) is 5.32. The normalized spacial score (nSPS) is 10.3. The molecule has 92 valence electrons. The van der Waals surface area contributed by atoms with Crippen LogP contribution in [0, 0.1) is 12.3 Å². The Morgan fingerprint density at radius 2 is 2.00 bits per heavy atom. The second-order valence-electron chi connectivity index (χ2n) is 3.75. The Morgan fingerprint density at radius 3 is 2.67 bits per heavy atom. The summed E-state index contributed by atoms with van der Waals surface area (Å²) in [5.74, 6) is 0.0112. The molecule has 1 heterocycles. The molecular weight excluding hydrogens is 266 g/mol. The molecule has 1 aromatic heterocycles. The van der Waals surface area contributed by atoms with E-state index >= 15 is 0 Å². The minimum atomic E-state index is 0.0112. The SMILES string of the molecule is Cc1ccc(C(=N)N)c(Sc2ccccc2Cl)n1. The van der Waals surface area contributed by atoms with E-state index < -0.39 is 0 Å². The first kappa shape index (κ1) is 12.9. The van der Waals surface area contributed by atoms with Gasteiger partial charge in [0, 0.05) is 16.2 Å². The van der Waals surface area contributed by atoms with Crippen molar-refractivity contribution in [2.45, 2.75) is 16.8 Å². The van der Waals surface area contributed by atoms with Crippen LogP contribution in [0.15, 0.2) is 46.3 Å². The molecule has 0 amide bonds. The second-order valence-corrected chi connectivity index (χ2v) is 5.19. The van der Waals surface area contributed by atoms with E-state index in [9.17, 15) is 0 Å². The lowest BCUT2D eigenvalue weighted by atomic mass is 10.2. The van der Waals surface area contributed by atoms with Gasteiger partial charge in [-0.25, -0.2) is 4.98 Å². The molecule has 0 radical (unpaired) electrons. The number of pyridine rings is 1. The van der Waals surface area contributed by atoms with Gasteiger partial charge in [0.15, 0.2) is 0 Å². The van der Waals surface area contributed by atoms with Crippen LogP contribution in [-0.2, 0) is 0 Å². The summed E-state index contributed by atoms with van der Waals surface area (Å²) in [6.07, 6.45) is 0. The van der Waals surface area contributed by atoms with Gasteiger partial charge in [0.2, 0.25) is 0 Å². The molecule has 0 aliphatic rings. The molecule has 18 heavy (non-hydrogen) atoms. The quantitative estimate of drug-likeness (QED) is 0.667. The average Bonchev–Trinajstić information content (AvgIpc) is 2.32. The highest BCUT2D eigenvalue weighted by molar-refractivity contribution is 7.99. The number of nitrogen functional groups attached to an aromatic ring is 1. The van der Waals surface area contributed by atoms with Crippen LogP contribution in [0.3, 0.4) is 0 Å². The molecule has 1 aromatic carbocycles. The first-order valence-corrected chi connectivity index (χ1v) is 6.52. The number of aryl methyl sites for hydroxylation is 1. The predicted molar refractivity (Wildman–Crippen MR) is 75.6 cm³/mol. The molecule has 2 rings (SSSR count). The van der Waals surface area contributed by atoms with Crippen LogP contribution >= 0.6 is 23.4 Å². The van der Waals surface area contributed by atoms with Gasteiger partial charge in [0.05, 0.1) is 5.02 Å². The highest BCUT2D eigenvalue weighted by Gasteiger charge is 2.10. The minimum Gasteiger partial charge on any atom is -0.384 e. The van der Waals surface area contributed by atoms with Gasteiger partial charge in [0.25, 0.3) is 0 Å². The number of nitrogens with two attached hydrogens (primary N) is 1. The Bertz CT molecular complexity index is 599. The largest absolute Gasteiger partial charge is 0.384 e. The van der Waals surface area contributed by atoms with E-state index in [0.29, 0.717) is 15.6 Å². The number of aromatic nitrogens is 1. The molecule has 0 saturated heterocycles. The highest BCUT2D eigenvalue weighted by atomic mass is 35.5. The summed E-state index contributed by atoms with van der Waals surface area (Å²) in [5, 5.41) is 8.93. The lowest BCUT2D eigenvalue weighted by Gasteiger charge is -2.08. The number of nitrogens with zero attached hydrogens (tertiary/aromatic N) is 1. The lowest BCUT2D eigenvalue weighted by Crippen LogP contribution is -2.13. The van der Waals surface area contributed by atoms with Crippen molar-refractivity contribution >= 4 is 29.2 Å². The third-order valence-corrected chi connectivity index (χ3v) is 3.86. The van der Waals surface area contributed by atoms with Crippen LogP contribution in [-0.4, -0.2) is 10.8 Å². The van der Waals surface area contributed by atoms with Crippen LogP contribution in [0.4, 0.5) is 0 Å². The third kappa shape index (κ3) is 2.83. The maximum absolute atomic E-state index is 7.56. The predicted octanol–water partition coefficient (Wildman–Crippen LogP) is 3.48. The summed E-state index contributed by atoms with van der Waals surface area (Å²) in [7, 11) is 0. The number of amidine groups is 1. The van der Waals surface area contributed by atoms with Crippen LogP contribution in [0.25, 0.3) is 0 Å². The zero-order valence-electron chi connectivity index (χ0n) is 9.77. The van der Waals surface area contributed by atoms with Crippen molar-refractivity contribution in [1.29, 1.82) is 5.41 Å². The molecule has 0 fully saturated rings. The Hall–Kier alpha value is -1.52. The van der Waals surface area contributed by atoms with Crippen LogP contribution in [0.2, 0.25) is 5.02 Å². The smallest absolute Gasteiger partial charge is 0.125 e. The van der Waals surface area contributed by atoms with Gasteiger partial charge in [-0.2, -0.15) is 0 Å². The van der Waals surface area contributed by atoms with Crippen molar-refractivity contribution in [3.05, 3.63) is 52.7 Å². The summed E-state index contributed by atoms with van der Waals surface area (Å²) in [4.78, 5) is 5.32. The molecule has 0 aliphatic heterocycles. The van der Waals surface area contributed by atoms with Crippen molar-refractivity contribution in [2.24, 2.45) is 5.73 Å². The molecular formula is C13H12ClN3S. The molecule has 0 aliphatic carbocycles. The molecule has 5 heteroatoms. The van der Waals surface area contributed by atoms with Gasteiger partial charge in [-0.15, -0.1) is 0 Å². The number of halogens is 1. The molecule has 0 bridgehead atoms. The average molecular weight is 278 g/mol. The van der Waals surface area contributed by atoms with E-state index in [1.54, 1.807) is 0 Å². The molecule has 0 unspecified atom stereocenters. The van der Waals surface area contributed by atoms with Crippen molar-refractivity contribution in [1.82, 2.24) is 4.98 Å². The van der Waals surface area contributed by atoms with Crippen molar-refractivity contribution < 1.29 is 0 Å². The maximum atomic E-state index is 7.56. The Morgan fingerprint density at radius 1 is 1.28 bits per heavy atom. The van der Waals surface area contributed by atoms with Crippen molar-refractivity contribution in [3.63, 3.8) is 0 Å². The fourth-order valence-electron chi connectivity index (χ4n) is 1.45. The van der Waals surface area contributed by atoms with Crippen molar-refractivity contribution in [2.75, 3.05) is 0 Å². The summed E-state index contributed by atoms with van der Waals surface area (Å²) in [6, 6.07) is 11.2. The molecule has 3 nitrogen and oxygen atoms in total. The van der Waals surface area contributed by atoms with Crippen LogP contribution in [0.1, 0.15) is 11.3 Å². The fourth-order valence-corrected chi connectivity index (χ4v) is 2.70. The third-order valence-electron chi connectivity index (χ3n) is 2.33. The topological polar surface area (TPSA) is 62.8 Å². The fraction of sp³-hybridized carbons (Fsp3) is 0.0769. The monoisotopic (exact) mass is 277 g/mol. The van der Waals surface area contributed by atoms with Gasteiger partial charge >= 0.3 is 0 Å². The highest BCUT2D eigenvalue weighted by Crippen LogP contribution is 2.33. The number of hydrogen-bond acceptors (Lipinski definition) is 3.